The van der Waals surface area contributed by atoms with Crippen molar-refractivity contribution in [1.82, 2.24) is 24.3 Å². The van der Waals surface area contributed by atoms with Gasteiger partial charge in [-0.1, -0.05) is 30.3 Å². The molecule has 1 unspecified atom stereocenters. The maximum absolute atomic E-state index is 4.72. The van der Waals surface area contributed by atoms with Crippen LogP contribution in [0, 0.1) is 13.8 Å². The fourth-order valence-electron chi connectivity index (χ4n) is 2.94. The Morgan fingerprint density at radius 2 is 1.95 bits per heavy atom. The topological polar surface area (TPSA) is 48.5 Å². The Bertz CT molecular complexity index is 784. The molecule has 0 fully saturated rings. The van der Waals surface area contributed by atoms with Crippen LogP contribution in [0.1, 0.15) is 35.2 Å². The molecule has 3 heterocycles. The van der Waals surface area contributed by atoms with Gasteiger partial charge in [-0.2, -0.15) is 4.98 Å². The third-order valence-electron chi connectivity index (χ3n) is 4.28. The van der Waals surface area contributed by atoms with Crippen molar-refractivity contribution in [3.8, 4) is 5.95 Å². The van der Waals surface area contributed by atoms with Crippen molar-refractivity contribution in [2.45, 2.75) is 32.7 Å². The average Bonchev–Trinajstić information content (AvgIpc) is 3.15. The van der Waals surface area contributed by atoms with Crippen LogP contribution in [-0.4, -0.2) is 24.3 Å². The van der Waals surface area contributed by atoms with Gasteiger partial charge in [-0.25, -0.2) is 9.67 Å². The molecule has 106 valence electrons. The lowest BCUT2D eigenvalue weighted by molar-refractivity contribution is 0.551. The van der Waals surface area contributed by atoms with Gasteiger partial charge < -0.3 is 0 Å². The second-order valence-corrected chi connectivity index (χ2v) is 5.52. The number of imidazole rings is 1. The molecular formula is C16H17N5. The summed E-state index contributed by atoms with van der Waals surface area (Å²) in [5.74, 6) is 1.79. The van der Waals surface area contributed by atoms with E-state index in [1.807, 2.05) is 24.5 Å². The number of hydrogen-bond donors (Lipinski definition) is 0. The molecule has 0 saturated carbocycles. The highest BCUT2D eigenvalue weighted by Crippen LogP contribution is 2.30. The molecule has 1 atom stereocenters. The molecule has 0 amide bonds. The molecule has 3 aromatic rings. The molecular weight excluding hydrogens is 262 g/mol. The van der Waals surface area contributed by atoms with Crippen LogP contribution < -0.4 is 0 Å². The number of benzene rings is 1. The first-order valence-electron chi connectivity index (χ1n) is 7.25. The molecule has 0 spiro atoms. The van der Waals surface area contributed by atoms with Gasteiger partial charge in [0.15, 0.2) is 0 Å². The smallest absolute Gasteiger partial charge is 0.254 e. The molecule has 21 heavy (non-hydrogen) atoms. The van der Waals surface area contributed by atoms with E-state index < -0.39 is 0 Å². The molecule has 0 saturated heterocycles. The zero-order valence-electron chi connectivity index (χ0n) is 12.2. The van der Waals surface area contributed by atoms with Crippen LogP contribution >= 0.6 is 0 Å². The maximum Gasteiger partial charge on any atom is 0.254 e. The first-order valence-corrected chi connectivity index (χ1v) is 7.25. The van der Waals surface area contributed by atoms with Gasteiger partial charge in [-0.05, 0) is 25.8 Å². The fourth-order valence-corrected chi connectivity index (χ4v) is 2.94. The van der Waals surface area contributed by atoms with E-state index in [0.717, 1.165) is 36.0 Å². The summed E-state index contributed by atoms with van der Waals surface area (Å²) in [4.78, 5) is 9.01. The molecule has 5 heteroatoms. The number of fused-ring (bicyclic) bond motifs is 1. The fraction of sp³-hybridized carbons (Fsp3) is 0.312. The molecule has 1 aromatic carbocycles. The summed E-state index contributed by atoms with van der Waals surface area (Å²) in [7, 11) is 0. The summed E-state index contributed by atoms with van der Waals surface area (Å²) in [6.45, 7) is 4.05. The van der Waals surface area contributed by atoms with E-state index in [-0.39, 0.29) is 0 Å². The molecule has 4 rings (SSSR count). The Kier molecular flexibility index (Phi) is 2.67. The quantitative estimate of drug-likeness (QED) is 0.724. The van der Waals surface area contributed by atoms with E-state index in [9.17, 15) is 0 Å². The number of aryl methyl sites for hydroxylation is 2. The molecule has 0 N–H and O–H groups in total. The first-order chi connectivity index (χ1) is 10.2. The van der Waals surface area contributed by atoms with E-state index in [0.29, 0.717) is 6.04 Å². The van der Waals surface area contributed by atoms with E-state index in [1.54, 1.807) is 6.33 Å². The second-order valence-electron chi connectivity index (χ2n) is 5.52. The SMILES string of the molecule is Cc1ncn(-c2nc3n(n2)C(c2ccccc2)CC3)c1C. The molecule has 0 aliphatic carbocycles. The minimum Gasteiger partial charge on any atom is -0.270 e. The lowest BCUT2D eigenvalue weighted by atomic mass is 10.1. The molecule has 0 radical (unpaired) electrons. The van der Waals surface area contributed by atoms with E-state index in [2.05, 4.69) is 38.9 Å². The minimum absolute atomic E-state index is 0.298. The van der Waals surface area contributed by atoms with E-state index in [1.165, 1.54) is 5.56 Å². The zero-order chi connectivity index (χ0) is 14.4. The summed E-state index contributed by atoms with van der Waals surface area (Å²) in [6, 6.07) is 10.8. The largest absolute Gasteiger partial charge is 0.270 e. The lowest BCUT2D eigenvalue weighted by Crippen LogP contribution is -2.08. The summed E-state index contributed by atoms with van der Waals surface area (Å²) < 4.78 is 4.03. The van der Waals surface area contributed by atoms with Gasteiger partial charge in [0.25, 0.3) is 5.95 Å². The van der Waals surface area contributed by atoms with Crippen molar-refractivity contribution in [2.75, 3.05) is 0 Å². The van der Waals surface area contributed by atoms with Crippen LogP contribution in [0.25, 0.3) is 5.95 Å². The zero-order valence-corrected chi connectivity index (χ0v) is 12.2. The normalized spacial score (nSPS) is 17.1. The van der Waals surface area contributed by atoms with Gasteiger partial charge in [-0.15, -0.1) is 5.10 Å². The van der Waals surface area contributed by atoms with Crippen molar-refractivity contribution in [3.05, 3.63) is 59.4 Å². The highest BCUT2D eigenvalue weighted by molar-refractivity contribution is 5.26. The highest BCUT2D eigenvalue weighted by atomic mass is 15.4. The Hall–Kier alpha value is -2.43. The summed E-state index contributed by atoms with van der Waals surface area (Å²) in [5.41, 5.74) is 3.41. The van der Waals surface area contributed by atoms with Crippen molar-refractivity contribution >= 4 is 0 Å². The van der Waals surface area contributed by atoms with Crippen molar-refractivity contribution in [1.29, 1.82) is 0 Å². The molecule has 5 nitrogen and oxygen atoms in total. The van der Waals surface area contributed by atoms with Crippen LogP contribution in [0.5, 0.6) is 0 Å². The third kappa shape index (κ3) is 1.88. The molecule has 1 aliphatic rings. The van der Waals surface area contributed by atoms with Crippen LogP contribution in [0.2, 0.25) is 0 Å². The Morgan fingerprint density at radius 3 is 2.67 bits per heavy atom. The minimum atomic E-state index is 0.298. The third-order valence-corrected chi connectivity index (χ3v) is 4.28. The highest BCUT2D eigenvalue weighted by Gasteiger charge is 2.27. The maximum atomic E-state index is 4.72. The Labute approximate surface area is 123 Å². The van der Waals surface area contributed by atoms with Crippen LogP contribution in [0.3, 0.4) is 0 Å². The number of aromatic nitrogens is 5. The van der Waals surface area contributed by atoms with Crippen molar-refractivity contribution in [3.63, 3.8) is 0 Å². The van der Waals surface area contributed by atoms with Gasteiger partial charge >= 0.3 is 0 Å². The van der Waals surface area contributed by atoms with E-state index >= 15 is 0 Å². The standard InChI is InChI=1S/C16H17N5/c1-11-12(2)20(10-17-11)16-18-15-9-8-14(21(15)19-16)13-6-4-3-5-7-13/h3-7,10,14H,8-9H2,1-2H3. The molecule has 0 bridgehead atoms. The molecule has 2 aromatic heterocycles. The predicted octanol–water partition coefficient (Wildman–Crippen LogP) is 2.62. The van der Waals surface area contributed by atoms with Gasteiger partial charge in [0.1, 0.15) is 12.2 Å². The van der Waals surface area contributed by atoms with Gasteiger partial charge in [0.05, 0.1) is 11.7 Å². The Morgan fingerprint density at radius 1 is 1.14 bits per heavy atom. The first kappa shape index (κ1) is 12.3. The monoisotopic (exact) mass is 279 g/mol. The summed E-state index contributed by atoms with van der Waals surface area (Å²) in [5, 5.41) is 4.72. The van der Waals surface area contributed by atoms with Gasteiger partial charge in [0.2, 0.25) is 0 Å². The summed E-state index contributed by atoms with van der Waals surface area (Å²) in [6.07, 6.45) is 3.84. The average molecular weight is 279 g/mol. The van der Waals surface area contributed by atoms with Crippen LogP contribution in [-0.2, 0) is 6.42 Å². The number of rotatable bonds is 2. The van der Waals surface area contributed by atoms with E-state index in [4.69, 9.17) is 5.10 Å². The summed E-state index contributed by atoms with van der Waals surface area (Å²) >= 11 is 0. The van der Waals surface area contributed by atoms with Gasteiger partial charge in [-0.3, -0.25) is 4.57 Å². The molecule has 1 aliphatic heterocycles. The van der Waals surface area contributed by atoms with Crippen molar-refractivity contribution in [2.24, 2.45) is 0 Å². The number of nitrogens with zero attached hydrogens (tertiary/aromatic N) is 5. The Balaban J connectivity index is 1.76. The number of hydrogen-bond acceptors (Lipinski definition) is 3. The van der Waals surface area contributed by atoms with Crippen LogP contribution in [0.15, 0.2) is 36.7 Å². The predicted molar refractivity (Wildman–Crippen MR) is 79.5 cm³/mol. The lowest BCUT2D eigenvalue weighted by Gasteiger charge is -2.11. The van der Waals surface area contributed by atoms with Crippen LogP contribution in [0.4, 0.5) is 0 Å². The van der Waals surface area contributed by atoms with Gasteiger partial charge in [0, 0.05) is 12.1 Å². The van der Waals surface area contributed by atoms with Crippen molar-refractivity contribution < 1.29 is 0 Å². The second kappa shape index (κ2) is 4.55.